The predicted octanol–water partition coefficient (Wildman–Crippen LogP) is 2.82. The van der Waals surface area contributed by atoms with Gasteiger partial charge in [-0.3, -0.25) is 0 Å². The van der Waals surface area contributed by atoms with Gasteiger partial charge in [0.05, 0.1) is 0 Å². The van der Waals surface area contributed by atoms with Crippen LogP contribution >= 0.6 is 11.6 Å². The molecule has 0 radical (unpaired) electrons. The summed E-state index contributed by atoms with van der Waals surface area (Å²) in [5.74, 6) is -0.293. The molecule has 0 saturated heterocycles. The molecule has 0 aliphatic heterocycles. The molecule has 0 amide bonds. The summed E-state index contributed by atoms with van der Waals surface area (Å²) in [6.45, 7) is 0.570. The fraction of sp³-hybridized carbons (Fsp3) is 0.364. The smallest absolute Gasteiger partial charge is 0.405 e. The molecule has 0 aromatic heterocycles. The minimum atomic E-state index is -4.35. The van der Waals surface area contributed by atoms with E-state index in [9.17, 15) is 13.2 Å². The van der Waals surface area contributed by atoms with E-state index in [1.165, 1.54) is 18.2 Å². The number of anilines is 1. The Morgan fingerprint density at radius 1 is 1.47 bits per heavy atom. The van der Waals surface area contributed by atoms with Crippen LogP contribution in [0.15, 0.2) is 23.4 Å². The van der Waals surface area contributed by atoms with E-state index >= 15 is 0 Å². The van der Waals surface area contributed by atoms with Crippen molar-refractivity contribution in [2.75, 3.05) is 18.0 Å². The van der Waals surface area contributed by atoms with E-state index in [2.05, 4.69) is 5.16 Å². The maximum atomic E-state index is 12.5. The van der Waals surface area contributed by atoms with Crippen LogP contribution in [0.1, 0.15) is 12.5 Å². The molecule has 0 bridgehead atoms. The first kappa shape index (κ1) is 15.4. The van der Waals surface area contributed by atoms with E-state index in [1.54, 1.807) is 6.92 Å². The highest BCUT2D eigenvalue weighted by molar-refractivity contribution is 6.31. The van der Waals surface area contributed by atoms with Crippen LogP contribution in [-0.4, -0.2) is 30.3 Å². The Balaban J connectivity index is 3.24. The Morgan fingerprint density at radius 2 is 2.11 bits per heavy atom. The topological polar surface area (TPSA) is 61.8 Å². The van der Waals surface area contributed by atoms with Crippen molar-refractivity contribution in [1.29, 1.82) is 0 Å². The molecule has 0 atom stereocenters. The zero-order chi connectivity index (χ0) is 14.6. The third-order valence-electron chi connectivity index (χ3n) is 2.43. The summed E-state index contributed by atoms with van der Waals surface area (Å²) in [7, 11) is 0. The molecule has 0 saturated carbocycles. The van der Waals surface area contributed by atoms with Crippen molar-refractivity contribution < 1.29 is 18.4 Å². The molecule has 106 valence electrons. The second-order valence-electron chi connectivity index (χ2n) is 3.78. The summed E-state index contributed by atoms with van der Waals surface area (Å²) in [6, 6.07) is 4.21. The lowest BCUT2D eigenvalue weighted by Crippen LogP contribution is -2.35. The standard InChI is InChI=1S/C11H13ClF3N3O/c1-2-18(6-11(13,14)15)9-4-3-7(12)5-8(9)10(16)17-19/h3-5,19H,2,6H2,1H3,(H2,16,17). The molecule has 0 fully saturated rings. The van der Waals surface area contributed by atoms with Crippen molar-refractivity contribution in [2.45, 2.75) is 13.1 Å². The Labute approximate surface area is 113 Å². The molecule has 8 heteroatoms. The Bertz CT molecular complexity index is 477. The van der Waals surface area contributed by atoms with Gasteiger partial charge in [-0.2, -0.15) is 13.2 Å². The molecular formula is C11H13ClF3N3O. The molecule has 0 spiro atoms. The lowest BCUT2D eigenvalue weighted by Gasteiger charge is -2.26. The van der Waals surface area contributed by atoms with Crippen molar-refractivity contribution >= 4 is 23.1 Å². The average molecular weight is 296 g/mol. The largest absolute Gasteiger partial charge is 0.409 e. The van der Waals surface area contributed by atoms with Gasteiger partial charge in [0.1, 0.15) is 6.54 Å². The fourth-order valence-corrected chi connectivity index (χ4v) is 1.80. The summed E-state index contributed by atoms with van der Waals surface area (Å²) >= 11 is 5.77. The van der Waals surface area contributed by atoms with Gasteiger partial charge >= 0.3 is 6.18 Å². The fourth-order valence-electron chi connectivity index (χ4n) is 1.63. The normalized spacial score (nSPS) is 12.6. The molecule has 1 aromatic carbocycles. The molecule has 0 unspecified atom stereocenters. The van der Waals surface area contributed by atoms with Gasteiger partial charge in [0.15, 0.2) is 5.84 Å². The van der Waals surface area contributed by atoms with E-state index in [0.717, 1.165) is 4.90 Å². The number of hydrogen-bond acceptors (Lipinski definition) is 3. The van der Waals surface area contributed by atoms with Crippen LogP contribution in [0.3, 0.4) is 0 Å². The zero-order valence-electron chi connectivity index (χ0n) is 10.1. The predicted molar refractivity (Wildman–Crippen MR) is 67.9 cm³/mol. The first-order chi connectivity index (χ1) is 8.78. The molecule has 4 nitrogen and oxygen atoms in total. The summed E-state index contributed by atoms with van der Waals surface area (Å²) in [6.07, 6.45) is -4.35. The molecular weight excluding hydrogens is 283 g/mol. The van der Waals surface area contributed by atoms with Gasteiger partial charge in [0.2, 0.25) is 0 Å². The van der Waals surface area contributed by atoms with Gasteiger partial charge in [-0.1, -0.05) is 16.8 Å². The summed E-state index contributed by atoms with van der Waals surface area (Å²) < 4.78 is 37.5. The SMILES string of the molecule is CCN(CC(F)(F)F)c1ccc(Cl)cc1C(N)=NO. The van der Waals surface area contributed by atoms with Crippen molar-refractivity contribution in [3.63, 3.8) is 0 Å². The molecule has 19 heavy (non-hydrogen) atoms. The van der Waals surface area contributed by atoms with Crippen molar-refractivity contribution in [2.24, 2.45) is 10.9 Å². The summed E-state index contributed by atoms with van der Waals surface area (Å²) in [5.41, 5.74) is 5.82. The number of benzene rings is 1. The minimum Gasteiger partial charge on any atom is -0.409 e. The van der Waals surface area contributed by atoms with Gasteiger partial charge in [-0.15, -0.1) is 0 Å². The highest BCUT2D eigenvalue weighted by Gasteiger charge is 2.31. The van der Waals surface area contributed by atoms with Crippen LogP contribution in [0, 0.1) is 0 Å². The molecule has 1 rings (SSSR count). The second kappa shape index (κ2) is 6.01. The molecule has 0 aliphatic rings. The van der Waals surface area contributed by atoms with E-state index in [-0.39, 0.29) is 28.7 Å². The van der Waals surface area contributed by atoms with Gasteiger partial charge < -0.3 is 15.8 Å². The van der Waals surface area contributed by atoms with Gasteiger partial charge in [0.25, 0.3) is 0 Å². The van der Waals surface area contributed by atoms with Crippen LogP contribution < -0.4 is 10.6 Å². The number of nitrogens with two attached hydrogens (primary N) is 1. The molecule has 3 N–H and O–H groups in total. The minimum absolute atomic E-state index is 0.118. The highest BCUT2D eigenvalue weighted by atomic mass is 35.5. The summed E-state index contributed by atoms with van der Waals surface area (Å²) in [5, 5.41) is 11.8. The number of rotatable bonds is 4. The quantitative estimate of drug-likeness (QED) is 0.389. The lowest BCUT2D eigenvalue weighted by molar-refractivity contribution is -0.119. The third-order valence-corrected chi connectivity index (χ3v) is 2.67. The third kappa shape index (κ3) is 4.20. The van der Waals surface area contributed by atoms with Crippen LogP contribution in [0.5, 0.6) is 0 Å². The Kier molecular flexibility index (Phi) is 4.88. The lowest BCUT2D eigenvalue weighted by atomic mass is 10.1. The van der Waals surface area contributed by atoms with E-state index in [1.807, 2.05) is 0 Å². The van der Waals surface area contributed by atoms with Crippen LogP contribution in [0.4, 0.5) is 18.9 Å². The number of amidine groups is 1. The first-order valence-electron chi connectivity index (χ1n) is 5.37. The number of alkyl halides is 3. The highest BCUT2D eigenvalue weighted by Crippen LogP contribution is 2.27. The van der Waals surface area contributed by atoms with Gasteiger partial charge in [-0.05, 0) is 25.1 Å². The van der Waals surface area contributed by atoms with Gasteiger partial charge in [-0.25, -0.2) is 0 Å². The van der Waals surface area contributed by atoms with Crippen molar-refractivity contribution in [1.82, 2.24) is 0 Å². The maximum Gasteiger partial charge on any atom is 0.405 e. The van der Waals surface area contributed by atoms with Crippen LogP contribution in [0.2, 0.25) is 5.02 Å². The Morgan fingerprint density at radius 3 is 2.58 bits per heavy atom. The average Bonchev–Trinajstić information content (AvgIpc) is 2.34. The number of hydrogen-bond donors (Lipinski definition) is 2. The Hall–Kier alpha value is -1.63. The van der Waals surface area contributed by atoms with Gasteiger partial charge in [0, 0.05) is 22.8 Å². The monoisotopic (exact) mass is 295 g/mol. The van der Waals surface area contributed by atoms with E-state index < -0.39 is 12.7 Å². The van der Waals surface area contributed by atoms with E-state index in [0.29, 0.717) is 0 Å². The zero-order valence-corrected chi connectivity index (χ0v) is 10.8. The molecule has 0 aliphatic carbocycles. The summed E-state index contributed by atoms with van der Waals surface area (Å²) in [4.78, 5) is 1.07. The first-order valence-corrected chi connectivity index (χ1v) is 5.75. The van der Waals surface area contributed by atoms with Crippen molar-refractivity contribution in [3.05, 3.63) is 28.8 Å². The number of oxime groups is 1. The molecule has 0 heterocycles. The maximum absolute atomic E-state index is 12.5. The number of halogens is 4. The van der Waals surface area contributed by atoms with Crippen LogP contribution in [0.25, 0.3) is 0 Å². The van der Waals surface area contributed by atoms with Crippen LogP contribution in [-0.2, 0) is 0 Å². The van der Waals surface area contributed by atoms with E-state index in [4.69, 9.17) is 22.5 Å². The number of nitrogens with zero attached hydrogens (tertiary/aromatic N) is 2. The molecule has 1 aromatic rings. The second-order valence-corrected chi connectivity index (χ2v) is 4.21. The van der Waals surface area contributed by atoms with Crippen molar-refractivity contribution in [3.8, 4) is 0 Å².